The van der Waals surface area contributed by atoms with Crippen molar-refractivity contribution in [2.24, 2.45) is 4.99 Å². The summed E-state index contributed by atoms with van der Waals surface area (Å²) < 4.78 is 33.8. The van der Waals surface area contributed by atoms with Crippen LogP contribution in [0, 0.1) is 11.6 Å². The van der Waals surface area contributed by atoms with Crippen LogP contribution in [0.1, 0.15) is 26.2 Å². The molecule has 1 atom stereocenters. The monoisotopic (exact) mass is 540 g/mol. The maximum atomic E-state index is 14.1. The molecule has 1 aromatic rings. The van der Waals surface area contributed by atoms with E-state index in [4.69, 9.17) is 9.73 Å². The average Bonchev–Trinajstić information content (AvgIpc) is 3.15. The first-order valence-electron chi connectivity index (χ1n) is 9.93. The molecule has 0 spiro atoms. The van der Waals surface area contributed by atoms with E-state index < -0.39 is 11.6 Å². The number of halogens is 3. The van der Waals surface area contributed by atoms with Crippen molar-refractivity contribution >= 4 is 47.4 Å². The quantitative estimate of drug-likeness (QED) is 0.328. The van der Waals surface area contributed by atoms with E-state index in [1.54, 1.807) is 4.90 Å². The first-order chi connectivity index (χ1) is 13.6. The normalized spacial score (nSPS) is 21.6. The summed E-state index contributed by atoms with van der Waals surface area (Å²) in [7, 11) is 0. The van der Waals surface area contributed by atoms with Gasteiger partial charge >= 0.3 is 0 Å². The fourth-order valence-electron chi connectivity index (χ4n) is 3.78. The van der Waals surface area contributed by atoms with Crippen LogP contribution in [-0.4, -0.2) is 62.4 Å². The first kappa shape index (κ1) is 24.5. The second-order valence-electron chi connectivity index (χ2n) is 7.34. The Morgan fingerprint density at radius 2 is 2.00 bits per heavy atom. The lowest BCUT2D eigenvalue weighted by Crippen LogP contribution is -2.46. The highest BCUT2D eigenvalue weighted by Crippen LogP contribution is 2.34. The minimum absolute atomic E-state index is 0. The number of aliphatic imine (C=N–C) groups is 1. The van der Waals surface area contributed by atoms with E-state index in [-0.39, 0.29) is 40.5 Å². The fourth-order valence-corrected chi connectivity index (χ4v) is 4.55. The van der Waals surface area contributed by atoms with Gasteiger partial charge in [-0.2, -0.15) is 11.8 Å². The Morgan fingerprint density at radius 1 is 1.31 bits per heavy atom. The number of ether oxygens (including phenoxy) is 1. The molecule has 1 unspecified atom stereocenters. The Morgan fingerprint density at radius 3 is 2.62 bits per heavy atom. The molecule has 0 aromatic heterocycles. The summed E-state index contributed by atoms with van der Waals surface area (Å²) >= 11 is 1.86. The van der Waals surface area contributed by atoms with E-state index in [1.165, 1.54) is 18.2 Å². The standard InChI is InChI=1S/C20H30F2N4OS.HI/c1-3-23-19(24-14-20(28-2)8-11-27-12-9-20)25-15-7-10-26(13-15)18-16(21)5-4-6-17(18)22;/h4-6,15H,3,7-14H2,1-2H3,(H2,23,24,25);1H. The van der Waals surface area contributed by atoms with Gasteiger partial charge in [-0.3, -0.25) is 4.99 Å². The molecule has 9 heteroatoms. The minimum atomic E-state index is -0.511. The van der Waals surface area contributed by atoms with Crippen molar-refractivity contribution in [3.8, 4) is 0 Å². The number of guanidine groups is 1. The third-order valence-electron chi connectivity index (χ3n) is 5.49. The predicted octanol–water partition coefficient (Wildman–Crippen LogP) is 3.63. The molecule has 1 aromatic carbocycles. The molecule has 2 heterocycles. The number of benzene rings is 1. The van der Waals surface area contributed by atoms with Gasteiger partial charge in [-0.25, -0.2) is 8.78 Å². The van der Waals surface area contributed by atoms with Crippen LogP contribution < -0.4 is 15.5 Å². The van der Waals surface area contributed by atoms with E-state index in [0.29, 0.717) is 13.1 Å². The van der Waals surface area contributed by atoms with Crippen molar-refractivity contribution in [2.75, 3.05) is 50.5 Å². The SMILES string of the molecule is CCNC(=NCC1(SC)CCOCC1)NC1CCN(c2c(F)cccc2F)C1.I. The van der Waals surface area contributed by atoms with Gasteiger partial charge in [-0.05, 0) is 44.6 Å². The summed E-state index contributed by atoms with van der Waals surface area (Å²) in [4.78, 5) is 6.60. The molecule has 2 N–H and O–H groups in total. The molecule has 5 nitrogen and oxygen atoms in total. The molecule has 0 saturated carbocycles. The van der Waals surface area contributed by atoms with Crippen LogP contribution in [0.3, 0.4) is 0 Å². The Balaban J connectivity index is 0.00000300. The van der Waals surface area contributed by atoms with Crippen LogP contribution >= 0.6 is 35.7 Å². The maximum Gasteiger partial charge on any atom is 0.191 e. The van der Waals surface area contributed by atoms with E-state index in [9.17, 15) is 8.78 Å². The van der Waals surface area contributed by atoms with Crippen LogP contribution in [0.2, 0.25) is 0 Å². The van der Waals surface area contributed by atoms with Crippen molar-refractivity contribution < 1.29 is 13.5 Å². The Labute approximate surface area is 193 Å². The van der Waals surface area contributed by atoms with E-state index >= 15 is 0 Å². The van der Waals surface area contributed by atoms with Gasteiger partial charge in [0.1, 0.15) is 17.3 Å². The van der Waals surface area contributed by atoms with Crippen LogP contribution in [0.15, 0.2) is 23.2 Å². The fraction of sp³-hybridized carbons (Fsp3) is 0.650. The molecule has 2 aliphatic rings. The molecule has 164 valence electrons. The second kappa shape index (κ2) is 11.5. The highest BCUT2D eigenvalue weighted by atomic mass is 127. The third-order valence-corrected chi connectivity index (χ3v) is 6.89. The van der Waals surface area contributed by atoms with Crippen molar-refractivity contribution in [2.45, 2.75) is 37.0 Å². The Hall–Kier alpha value is -0.810. The van der Waals surface area contributed by atoms with Gasteiger partial charge in [0.15, 0.2) is 5.96 Å². The maximum absolute atomic E-state index is 14.1. The van der Waals surface area contributed by atoms with Gasteiger partial charge in [-0.1, -0.05) is 6.07 Å². The van der Waals surface area contributed by atoms with Gasteiger partial charge in [0, 0.05) is 43.6 Å². The third kappa shape index (κ3) is 6.33. The molecule has 29 heavy (non-hydrogen) atoms. The molecule has 2 fully saturated rings. The van der Waals surface area contributed by atoms with Crippen molar-refractivity contribution in [1.29, 1.82) is 0 Å². The summed E-state index contributed by atoms with van der Waals surface area (Å²) in [5, 5.41) is 6.75. The molecule has 0 amide bonds. The molecule has 0 aliphatic carbocycles. The topological polar surface area (TPSA) is 48.9 Å². The number of nitrogens with zero attached hydrogens (tertiary/aromatic N) is 2. The van der Waals surface area contributed by atoms with E-state index in [2.05, 4.69) is 16.9 Å². The number of anilines is 1. The summed E-state index contributed by atoms with van der Waals surface area (Å²) in [5.41, 5.74) is 0.0669. The summed E-state index contributed by atoms with van der Waals surface area (Å²) in [6, 6.07) is 4.10. The number of hydrogen-bond acceptors (Lipinski definition) is 4. The zero-order chi connectivity index (χ0) is 20.0. The molecule has 2 aliphatic heterocycles. The van der Waals surface area contributed by atoms with Gasteiger partial charge < -0.3 is 20.3 Å². The van der Waals surface area contributed by atoms with Crippen molar-refractivity contribution in [3.63, 3.8) is 0 Å². The van der Waals surface area contributed by atoms with Crippen LogP contribution in [0.4, 0.5) is 14.5 Å². The number of hydrogen-bond donors (Lipinski definition) is 2. The number of thioether (sulfide) groups is 1. The highest BCUT2D eigenvalue weighted by Gasteiger charge is 2.32. The molecule has 2 saturated heterocycles. The molecular weight excluding hydrogens is 509 g/mol. The molecule has 0 bridgehead atoms. The van der Waals surface area contributed by atoms with E-state index in [1.807, 2.05) is 18.7 Å². The predicted molar refractivity (Wildman–Crippen MR) is 128 cm³/mol. The Bertz CT molecular complexity index is 668. The average molecular weight is 540 g/mol. The molecule has 0 radical (unpaired) electrons. The first-order valence-corrected chi connectivity index (χ1v) is 11.2. The largest absolute Gasteiger partial charge is 0.381 e. The number of rotatable bonds is 6. The number of nitrogens with one attached hydrogen (secondary N) is 2. The minimum Gasteiger partial charge on any atom is -0.381 e. The molecule has 3 rings (SSSR count). The zero-order valence-electron chi connectivity index (χ0n) is 17.0. The summed E-state index contributed by atoms with van der Waals surface area (Å²) in [6.07, 6.45) is 4.94. The van der Waals surface area contributed by atoms with Gasteiger partial charge in [0.25, 0.3) is 0 Å². The highest BCUT2D eigenvalue weighted by molar-refractivity contribution is 14.0. The lowest BCUT2D eigenvalue weighted by molar-refractivity contribution is 0.0794. The van der Waals surface area contributed by atoms with Crippen molar-refractivity contribution in [1.82, 2.24) is 10.6 Å². The van der Waals surface area contributed by atoms with Crippen LogP contribution in [-0.2, 0) is 4.74 Å². The lowest BCUT2D eigenvalue weighted by atomic mass is 9.99. The summed E-state index contributed by atoms with van der Waals surface area (Å²) in [6.45, 7) is 6.25. The van der Waals surface area contributed by atoms with Crippen LogP contribution in [0.5, 0.6) is 0 Å². The van der Waals surface area contributed by atoms with Gasteiger partial charge in [0.2, 0.25) is 0 Å². The summed E-state index contributed by atoms with van der Waals surface area (Å²) in [5.74, 6) is -0.256. The number of para-hydroxylation sites is 1. The Kier molecular flexibility index (Phi) is 9.74. The van der Waals surface area contributed by atoms with Gasteiger partial charge in [0.05, 0.1) is 6.54 Å². The van der Waals surface area contributed by atoms with E-state index in [0.717, 1.165) is 51.5 Å². The van der Waals surface area contributed by atoms with Gasteiger partial charge in [-0.15, -0.1) is 24.0 Å². The second-order valence-corrected chi connectivity index (χ2v) is 8.62. The molecular formula is C20H31F2IN4OS. The lowest BCUT2D eigenvalue weighted by Gasteiger charge is -2.34. The van der Waals surface area contributed by atoms with Crippen molar-refractivity contribution in [3.05, 3.63) is 29.8 Å². The van der Waals surface area contributed by atoms with Crippen LogP contribution in [0.25, 0.3) is 0 Å². The zero-order valence-corrected chi connectivity index (χ0v) is 20.2. The smallest absolute Gasteiger partial charge is 0.191 e.